The first-order valence-corrected chi connectivity index (χ1v) is 6.10. The second kappa shape index (κ2) is 6.61. The van der Waals surface area contributed by atoms with Crippen LogP contribution in [0.2, 0.25) is 0 Å². The smallest absolute Gasteiger partial charge is 0.124 e. The van der Waals surface area contributed by atoms with Gasteiger partial charge >= 0.3 is 0 Å². The minimum absolute atomic E-state index is 0.139. The van der Waals surface area contributed by atoms with E-state index in [-0.39, 0.29) is 5.60 Å². The fourth-order valence-corrected chi connectivity index (χ4v) is 1.48. The largest absolute Gasteiger partial charge is 0.497 e. The lowest BCUT2D eigenvalue weighted by Gasteiger charge is -2.20. The number of hydrogen-bond donors (Lipinski definition) is 1. The third-order valence-corrected chi connectivity index (χ3v) is 2.36. The molecule has 1 aromatic rings. The van der Waals surface area contributed by atoms with Crippen LogP contribution in [0.3, 0.4) is 0 Å². The van der Waals surface area contributed by atoms with Crippen LogP contribution >= 0.6 is 0 Å². The minimum Gasteiger partial charge on any atom is -0.497 e. The van der Waals surface area contributed by atoms with Crippen molar-refractivity contribution >= 4 is 0 Å². The van der Waals surface area contributed by atoms with Gasteiger partial charge in [-0.05, 0) is 39.0 Å². The van der Waals surface area contributed by atoms with Crippen molar-refractivity contribution in [3.8, 4) is 11.5 Å². The van der Waals surface area contributed by atoms with Crippen LogP contribution in [0, 0.1) is 0 Å². The Morgan fingerprint density at radius 3 is 2.44 bits per heavy atom. The van der Waals surface area contributed by atoms with E-state index in [0.29, 0.717) is 19.8 Å². The molecule has 102 valence electrons. The van der Waals surface area contributed by atoms with Crippen molar-refractivity contribution in [2.24, 2.45) is 5.73 Å². The van der Waals surface area contributed by atoms with Gasteiger partial charge in [-0.15, -0.1) is 0 Å². The molecule has 0 fully saturated rings. The van der Waals surface area contributed by atoms with Gasteiger partial charge in [0.1, 0.15) is 18.1 Å². The van der Waals surface area contributed by atoms with Crippen molar-refractivity contribution in [2.75, 3.05) is 20.3 Å². The lowest BCUT2D eigenvalue weighted by atomic mass is 10.2. The van der Waals surface area contributed by atoms with Gasteiger partial charge in [-0.25, -0.2) is 0 Å². The molecule has 0 amide bonds. The quantitative estimate of drug-likeness (QED) is 0.791. The number of benzene rings is 1. The molecule has 0 aliphatic carbocycles. The zero-order chi connectivity index (χ0) is 13.6. The van der Waals surface area contributed by atoms with Gasteiger partial charge in [0, 0.05) is 12.1 Å². The van der Waals surface area contributed by atoms with Crippen LogP contribution < -0.4 is 15.2 Å². The zero-order valence-corrected chi connectivity index (χ0v) is 11.7. The highest BCUT2D eigenvalue weighted by Gasteiger charge is 2.10. The molecular formula is C14H23NO3. The Morgan fingerprint density at radius 2 is 1.89 bits per heavy atom. The van der Waals surface area contributed by atoms with E-state index in [2.05, 4.69) is 0 Å². The summed E-state index contributed by atoms with van der Waals surface area (Å²) < 4.78 is 16.4. The molecule has 0 unspecified atom stereocenters. The van der Waals surface area contributed by atoms with Crippen molar-refractivity contribution in [1.29, 1.82) is 0 Å². The van der Waals surface area contributed by atoms with E-state index >= 15 is 0 Å². The molecule has 4 heteroatoms. The molecule has 1 aromatic carbocycles. The number of nitrogens with two attached hydrogens (primary N) is 1. The molecule has 0 bridgehead atoms. The molecule has 18 heavy (non-hydrogen) atoms. The first kappa shape index (κ1) is 14.8. The Balaban J connectivity index is 2.51. The van der Waals surface area contributed by atoms with Crippen molar-refractivity contribution < 1.29 is 14.2 Å². The molecule has 0 aliphatic rings. The topological polar surface area (TPSA) is 53.7 Å². The van der Waals surface area contributed by atoms with E-state index in [4.69, 9.17) is 19.9 Å². The predicted octanol–water partition coefficient (Wildman–Crippen LogP) is 2.35. The second-order valence-corrected chi connectivity index (χ2v) is 4.99. The van der Waals surface area contributed by atoms with Crippen LogP contribution in [0.1, 0.15) is 26.3 Å². The number of rotatable bonds is 6. The highest BCUT2D eigenvalue weighted by molar-refractivity contribution is 5.40. The Hall–Kier alpha value is -1.26. The van der Waals surface area contributed by atoms with Gasteiger partial charge in [-0.3, -0.25) is 0 Å². The molecule has 0 saturated carbocycles. The Labute approximate surface area is 109 Å². The van der Waals surface area contributed by atoms with E-state index in [1.165, 1.54) is 0 Å². The van der Waals surface area contributed by atoms with Crippen LogP contribution in [0.5, 0.6) is 11.5 Å². The molecule has 0 atom stereocenters. The normalized spacial score (nSPS) is 11.4. The highest BCUT2D eigenvalue weighted by atomic mass is 16.5. The molecular weight excluding hydrogens is 230 g/mol. The average Bonchev–Trinajstić information content (AvgIpc) is 2.33. The summed E-state index contributed by atoms with van der Waals surface area (Å²) >= 11 is 0. The maximum Gasteiger partial charge on any atom is 0.124 e. The fraction of sp³-hybridized carbons (Fsp3) is 0.571. The standard InChI is InChI=1S/C14H23NO3/c1-14(2,3)18-8-7-17-13-6-5-12(16-4)9-11(13)10-15/h5-6,9H,7-8,10,15H2,1-4H3. The van der Waals surface area contributed by atoms with E-state index in [0.717, 1.165) is 17.1 Å². The maximum absolute atomic E-state index is 5.68. The van der Waals surface area contributed by atoms with E-state index in [1.807, 2.05) is 39.0 Å². The third kappa shape index (κ3) is 4.94. The molecule has 0 aliphatic heterocycles. The van der Waals surface area contributed by atoms with Crippen molar-refractivity contribution in [1.82, 2.24) is 0 Å². The summed E-state index contributed by atoms with van der Waals surface area (Å²) in [5.74, 6) is 1.57. The predicted molar refractivity (Wildman–Crippen MR) is 72.1 cm³/mol. The summed E-state index contributed by atoms with van der Waals surface area (Å²) in [5, 5.41) is 0. The number of methoxy groups -OCH3 is 1. The van der Waals surface area contributed by atoms with Crippen molar-refractivity contribution in [3.63, 3.8) is 0 Å². The Kier molecular flexibility index (Phi) is 5.44. The van der Waals surface area contributed by atoms with Crippen LogP contribution in [0.4, 0.5) is 0 Å². The fourth-order valence-electron chi connectivity index (χ4n) is 1.48. The summed E-state index contributed by atoms with van der Waals surface area (Å²) in [5.41, 5.74) is 6.48. The molecule has 1 rings (SSSR count). The first-order valence-electron chi connectivity index (χ1n) is 6.10. The molecule has 4 nitrogen and oxygen atoms in total. The van der Waals surface area contributed by atoms with E-state index in [9.17, 15) is 0 Å². The van der Waals surface area contributed by atoms with Crippen LogP contribution in [0.15, 0.2) is 18.2 Å². The lowest BCUT2D eigenvalue weighted by molar-refractivity contribution is -0.0163. The van der Waals surface area contributed by atoms with E-state index < -0.39 is 0 Å². The summed E-state index contributed by atoms with van der Waals surface area (Å²) in [6.07, 6.45) is 0. The summed E-state index contributed by atoms with van der Waals surface area (Å²) in [6.45, 7) is 7.55. The summed E-state index contributed by atoms with van der Waals surface area (Å²) in [6, 6.07) is 5.62. The van der Waals surface area contributed by atoms with Gasteiger partial charge in [-0.2, -0.15) is 0 Å². The first-order chi connectivity index (χ1) is 8.46. The summed E-state index contributed by atoms with van der Waals surface area (Å²) in [4.78, 5) is 0. The lowest BCUT2D eigenvalue weighted by Crippen LogP contribution is -2.22. The van der Waals surface area contributed by atoms with Gasteiger partial charge in [0.05, 0.1) is 19.3 Å². The Bertz CT molecular complexity index is 372. The number of ether oxygens (including phenoxy) is 3. The molecule has 0 spiro atoms. The van der Waals surface area contributed by atoms with Gasteiger partial charge in [-0.1, -0.05) is 0 Å². The van der Waals surface area contributed by atoms with E-state index in [1.54, 1.807) is 7.11 Å². The molecule has 0 aromatic heterocycles. The highest BCUT2D eigenvalue weighted by Crippen LogP contribution is 2.23. The van der Waals surface area contributed by atoms with Gasteiger partial charge in [0.2, 0.25) is 0 Å². The second-order valence-electron chi connectivity index (χ2n) is 4.99. The van der Waals surface area contributed by atoms with Crippen LogP contribution in [0.25, 0.3) is 0 Å². The Morgan fingerprint density at radius 1 is 1.17 bits per heavy atom. The third-order valence-electron chi connectivity index (χ3n) is 2.36. The van der Waals surface area contributed by atoms with Crippen molar-refractivity contribution in [2.45, 2.75) is 32.9 Å². The van der Waals surface area contributed by atoms with Crippen LogP contribution in [-0.2, 0) is 11.3 Å². The zero-order valence-electron chi connectivity index (χ0n) is 11.7. The SMILES string of the molecule is COc1ccc(OCCOC(C)(C)C)c(CN)c1. The summed E-state index contributed by atoms with van der Waals surface area (Å²) in [7, 11) is 1.63. The molecule has 0 radical (unpaired) electrons. The van der Waals surface area contributed by atoms with Gasteiger partial charge in [0.15, 0.2) is 0 Å². The average molecular weight is 253 g/mol. The van der Waals surface area contributed by atoms with Gasteiger partial charge in [0.25, 0.3) is 0 Å². The number of hydrogen-bond acceptors (Lipinski definition) is 4. The molecule has 2 N–H and O–H groups in total. The van der Waals surface area contributed by atoms with Gasteiger partial charge < -0.3 is 19.9 Å². The monoisotopic (exact) mass is 253 g/mol. The minimum atomic E-state index is -0.139. The maximum atomic E-state index is 5.68. The van der Waals surface area contributed by atoms with Crippen molar-refractivity contribution in [3.05, 3.63) is 23.8 Å². The molecule has 0 saturated heterocycles. The molecule has 0 heterocycles. The van der Waals surface area contributed by atoms with Crippen LogP contribution in [-0.4, -0.2) is 25.9 Å².